The van der Waals surface area contributed by atoms with Crippen LogP contribution >= 0.6 is 0 Å². The van der Waals surface area contributed by atoms with Gasteiger partial charge in [0.05, 0.1) is 0 Å². The molecule has 0 aliphatic heterocycles. The largest absolute Gasteiger partial charge is 0.0651 e. The Kier molecular flexibility index (Phi) is 4.65. The lowest BCUT2D eigenvalue weighted by Crippen LogP contribution is -2.08. The highest BCUT2D eigenvalue weighted by Gasteiger charge is 2.24. The van der Waals surface area contributed by atoms with Crippen molar-refractivity contribution in [2.45, 2.75) is 64.7 Å². The number of benzene rings is 1. The van der Waals surface area contributed by atoms with Gasteiger partial charge in [0, 0.05) is 0 Å². The summed E-state index contributed by atoms with van der Waals surface area (Å²) >= 11 is 0. The van der Waals surface area contributed by atoms with Crippen LogP contribution in [0.4, 0.5) is 0 Å². The molecule has 0 N–H and O–H groups in total. The Morgan fingerprint density at radius 3 is 2.24 bits per heavy atom. The maximum Gasteiger partial charge on any atom is -0.0136 e. The Labute approximate surface area is 106 Å². The summed E-state index contributed by atoms with van der Waals surface area (Å²) in [7, 11) is 0. The Morgan fingerprint density at radius 2 is 1.71 bits per heavy atom. The lowest BCUT2D eigenvalue weighted by molar-refractivity contribution is 0.424. The van der Waals surface area contributed by atoms with E-state index in [0.29, 0.717) is 0 Å². The van der Waals surface area contributed by atoms with Crippen LogP contribution in [0.15, 0.2) is 24.3 Å². The van der Waals surface area contributed by atoms with Gasteiger partial charge in [-0.05, 0) is 48.6 Å². The monoisotopic (exact) mass is 230 g/mol. The Balaban J connectivity index is 2.07. The summed E-state index contributed by atoms with van der Waals surface area (Å²) in [6.07, 6.45) is 9.59. The molecule has 0 heterocycles. The summed E-state index contributed by atoms with van der Waals surface area (Å²) in [6, 6.07) is 9.46. The third-order valence-electron chi connectivity index (χ3n) is 4.36. The van der Waals surface area contributed by atoms with Crippen LogP contribution in [0.1, 0.15) is 69.4 Å². The molecular weight excluding hydrogens is 204 g/mol. The first kappa shape index (κ1) is 12.7. The van der Waals surface area contributed by atoms with Gasteiger partial charge in [-0.25, -0.2) is 0 Å². The molecule has 0 heteroatoms. The van der Waals surface area contributed by atoms with E-state index in [1.807, 2.05) is 0 Å². The lowest BCUT2D eigenvalue weighted by atomic mass is 9.83. The van der Waals surface area contributed by atoms with E-state index in [9.17, 15) is 0 Å². The third-order valence-corrected chi connectivity index (χ3v) is 4.36. The van der Waals surface area contributed by atoms with Gasteiger partial charge < -0.3 is 0 Å². The second kappa shape index (κ2) is 6.23. The molecule has 1 saturated carbocycles. The first-order chi connectivity index (χ1) is 8.35. The molecule has 0 nitrogen and oxygen atoms in total. The highest BCUT2D eigenvalue weighted by atomic mass is 14.3. The highest BCUT2D eigenvalue weighted by molar-refractivity contribution is 5.26. The molecule has 1 aromatic rings. The minimum Gasteiger partial charge on any atom is -0.0651 e. The van der Waals surface area contributed by atoms with Crippen molar-refractivity contribution in [2.24, 2.45) is 5.92 Å². The number of hydrogen-bond acceptors (Lipinski definition) is 0. The molecular formula is C17H26. The summed E-state index contributed by atoms with van der Waals surface area (Å²) in [5, 5.41) is 0. The van der Waals surface area contributed by atoms with E-state index in [0.717, 1.165) is 11.8 Å². The second-order valence-electron chi connectivity index (χ2n) is 5.55. The van der Waals surface area contributed by atoms with Crippen LogP contribution in [-0.2, 0) is 6.42 Å². The van der Waals surface area contributed by atoms with Gasteiger partial charge in [0.25, 0.3) is 0 Å². The molecule has 2 rings (SSSR count). The van der Waals surface area contributed by atoms with Gasteiger partial charge in [0.2, 0.25) is 0 Å². The van der Waals surface area contributed by atoms with E-state index < -0.39 is 0 Å². The number of rotatable bonds is 5. The Morgan fingerprint density at radius 1 is 1.06 bits per heavy atom. The van der Waals surface area contributed by atoms with Gasteiger partial charge >= 0.3 is 0 Å². The lowest BCUT2D eigenvalue weighted by Gasteiger charge is -2.22. The van der Waals surface area contributed by atoms with Crippen LogP contribution in [0.3, 0.4) is 0 Å². The van der Waals surface area contributed by atoms with E-state index in [1.54, 1.807) is 5.56 Å². The maximum absolute atomic E-state index is 2.39. The number of aryl methyl sites for hydroxylation is 1. The molecule has 1 fully saturated rings. The molecule has 1 aromatic carbocycles. The fraction of sp³-hybridized carbons (Fsp3) is 0.647. The van der Waals surface area contributed by atoms with Crippen LogP contribution in [0, 0.1) is 5.92 Å². The SMILES string of the molecule is CCCc1ccc(C(CC)C2CCCC2)cc1. The zero-order valence-corrected chi connectivity index (χ0v) is 11.4. The van der Waals surface area contributed by atoms with Gasteiger partial charge in [-0.2, -0.15) is 0 Å². The molecule has 0 spiro atoms. The molecule has 1 atom stereocenters. The van der Waals surface area contributed by atoms with Crippen molar-refractivity contribution in [1.29, 1.82) is 0 Å². The van der Waals surface area contributed by atoms with Crippen molar-refractivity contribution in [3.63, 3.8) is 0 Å². The fourth-order valence-electron chi connectivity index (χ4n) is 3.42. The average Bonchev–Trinajstić information content (AvgIpc) is 2.86. The Hall–Kier alpha value is -0.780. The van der Waals surface area contributed by atoms with E-state index in [-0.39, 0.29) is 0 Å². The molecule has 1 aliphatic rings. The minimum absolute atomic E-state index is 0.813. The standard InChI is InChI=1S/C17H26/c1-3-7-14-10-12-16(13-11-14)17(4-2)15-8-5-6-9-15/h10-13,15,17H,3-9H2,1-2H3. The van der Waals surface area contributed by atoms with Crippen LogP contribution in [0.25, 0.3) is 0 Å². The van der Waals surface area contributed by atoms with Crippen molar-refractivity contribution in [1.82, 2.24) is 0 Å². The van der Waals surface area contributed by atoms with Gasteiger partial charge in [0.1, 0.15) is 0 Å². The molecule has 0 saturated heterocycles. The molecule has 94 valence electrons. The summed E-state index contributed by atoms with van der Waals surface area (Å²) < 4.78 is 0. The quantitative estimate of drug-likeness (QED) is 0.642. The third kappa shape index (κ3) is 3.12. The summed E-state index contributed by atoms with van der Waals surface area (Å²) in [5.74, 6) is 1.77. The van der Waals surface area contributed by atoms with Crippen LogP contribution in [-0.4, -0.2) is 0 Å². The topological polar surface area (TPSA) is 0 Å². The summed E-state index contributed by atoms with van der Waals surface area (Å²) in [5.41, 5.74) is 3.08. The summed E-state index contributed by atoms with van der Waals surface area (Å²) in [6.45, 7) is 4.60. The summed E-state index contributed by atoms with van der Waals surface area (Å²) in [4.78, 5) is 0. The molecule has 0 amide bonds. The van der Waals surface area contributed by atoms with E-state index in [2.05, 4.69) is 38.1 Å². The first-order valence-electron chi connectivity index (χ1n) is 7.44. The Bertz CT molecular complexity index is 316. The van der Waals surface area contributed by atoms with Crippen molar-refractivity contribution in [3.8, 4) is 0 Å². The van der Waals surface area contributed by atoms with E-state index in [4.69, 9.17) is 0 Å². The van der Waals surface area contributed by atoms with Crippen molar-refractivity contribution in [2.75, 3.05) is 0 Å². The van der Waals surface area contributed by atoms with Gasteiger partial charge in [-0.3, -0.25) is 0 Å². The van der Waals surface area contributed by atoms with Crippen molar-refractivity contribution in [3.05, 3.63) is 35.4 Å². The van der Waals surface area contributed by atoms with Crippen LogP contribution in [0.2, 0.25) is 0 Å². The highest BCUT2D eigenvalue weighted by Crippen LogP contribution is 2.39. The number of hydrogen-bond donors (Lipinski definition) is 0. The van der Waals surface area contributed by atoms with Crippen LogP contribution < -0.4 is 0 Å². The molecule has 17 heavy (non-hydrogen) atoms. The van der Waals surface area contributed by atoms with E-state index in [1.165, 1.54) is 50.5 Å². The minimum atomic E-state index is 0.813. The predicted molar refractivity (Wildman–Crippen MR) is 75.4 cm³/mol. The second-order valence-corrected chi connectivity index (χ2v) is 5.55. The predicted octanol–water partition coefficient (Wildman–Crippen LogP) is 5.32. The zero-order chi connectivity index (χ0) is 12.1. The van der Waals surface area contributed by atoms with Crippen molar-refractivity contribution >= 4 is 0 Å². The normalized spacial score (nSPS) is 18.5. The average molecular weight is 230 g/mol. The fourth-order valence-corrected chi connectivity index (χ4v) is 3.42. The molecule has 0 aromatic heterocycles. The molecule has 0 bridgehead atoms. The molecule has 1 aliphatic carbocycles. The first-order valence-corrected chi connectivity index (χ1v) is 7.44. The smallest absolute Gasteiger partial charge is 0.0136 e. The zero-order valence-electron chi connectivity index (χ0n) is 11.4. The van der Waals surface area contributed by atoms with Gasteiger partial charge in [-0.1, -0.05) is 57.4 Å². The van der Waals surface area contributed by atoms with Gasteiger partial charge in [-0.15, -0.1) is 0 Å². The molecule has 0 radical (unpaired) electrons. The molecule has 1 unspecified atom stereocenters. The van der Waals surface area contributed by atoms with E-state index >= 15 is 0 Å². The van der Waals surface area contributed by atoms with Gasteiger partial charge in [0.15, 0.2) is 0 Å². The van der Waals surface area contributed by atoms with Crippen molar-refractivity contribution < 1.29 is 0 Å². The maximum atomic E-state index is 2.39. The van der Waals surface area contributed by atoms with Crippen LogP contribution in [0.5, 0.6) is 0 Å².